The van der Waals surface area contributed by atoms with Crippen LogP contribution in [0.3, 0.4) is 0 Å². The number of benzene rings is 1. The molecule has 0 aromatic heterocycles. The van der Waals surface area contributed by atoms with Crippen molar-refractivity contribution in [2.24, 2.45) is 0 Å². The van der Waals surface area contributed by atoms with E-state index in [2.05, 4.69) is 10.2 Å². The second kappa shape index (κ2) is 5.27. The maximum Gasteiger partial charge on any atom is 0.256 e. The van der Waals surface area contributed by atoms with E-state index >= 15 is 0 Å². The molecule has 1 N–H and O–H groups in total. The van der Waals surface area contributed by atoms with Crippen molar-refractivity contribution >= 4 is 5.91 Å². The smallest absolute Gasteiger partial charge is 0.256 e. The average molecular weight is 263 g/mol. The molecule has 2 fully saturated rings. The molecule has 102 valence electrons. The highest BCUT2D eigenvalue weighted by Crippen LogP contribution is 2.14. The summed E-state index contributed by atoms with van der Waals surface area (Å²) in [6.45, 7) is 5.22. The van der Waals surface area contributed by atoms with Gasteiger partial charge < -0.3 is 10.2 Å². The van der Waals surface area contributed by atoms with Crippen molar-refractivity contribution in [2.75, 3.05) is 39.3 Å². The zero-order chi connectivity index (χ0) is 13.2. The van der Waals surface area contributed by atoms with Gasteiger partial charge in [-0.25, -0.2) is 4.39 Å². The van der Waals surface area contributed by atoms with Crippen LogP contribution < -0.4 is 5.32 Å². The van der Waals surface area contributed by atoms with Crippen molar-refractivity contribution < 1.29 is 9.18 Å². The van der Waals surface area contributed by atoms with Crippen LogP contribution in [0.2, 0.25) is 0 Å². The van der Waals surface area contributed by atoms with Crippen LogP contribution >= 0.6 is 0 Å². The van der Waals surface area contributed by atoms with Gasteiger partial charge in [0, 0.05) is 45.3 Å². The third-order valence-corrected chi connectivity index (χ3v) is 3.98. The van der Waals surface area contributed by atoms with Crippen LogP contribution in [0.25, 0.3) is 0 Å². The molecular weight excluding hydrogens is 245 g/mol. The fourth-order valence-electron chi connectivity index (χ4n) is 2.63. The molecule has 0 saturated carbocycles. The van der Waals surface area contributed by atoms with E-state index in [4.69, 9.17) is 0 Å². The van der Waals surface area contributed by atoms with Crippen molar-refractivity contribution in [3.8, 4) is 0 Å². The summed E-state index contributed by atoms with van der Waals surface area (Å²) in [4.78, 5) is 16.4. The Kier molecular flexibility index (Phi) is 3.48. The summed E-state index contributed by atoms with van der Waals surface area (Å²) in [5, 5.41) is 3.25. The molecule has 2 saturated heterocycles. The summed E-state index contributed by atoms with van der Waals surface area (Å²) in [5.74, 6) is -0.623. The van der Waals surface area contributed by atoms with Crippen LogP contribution in [0.5, 0.6) is 0 Å². The molecule has 0 radical (unpaired) electrons. The predicted molar refractivity (Wildman–Crippen MR) is 70.5 cm³/mol. The molecule has 0 atom stereocenters. The third kappa shape index (κ3) is 2.48. The fourth-order valence-corrected chi connectivity index (χ4v) is 2.63. The maximum absolute atomic E-state index is 13.6. The Balaban J connectivity index is 1.62. The molecular formula is C14H18FN3O. The van der Waals surface area contributed by atoms with Crippen molar-refractivity contribution in [3.63, 3.8) is 0 Å². The van der Waals surface area contributed by atoms with Crippen molar-refractivity contribution in [2.45, 2.75) is 6.04 Å². The lowest BCUT2D eigenvalue weighted by atomic mass is 10.1. The number of hydrogen-bond donors (Lipinski definition) is 1. The van der Waals surface area contributed by atoms with Gasteiger partial charge in [-0.15, -0.1) is 0 Å². The highest BCUT2D eigenvalue weighted by Gasteiger charge is 2.29. The topological polar surface area (TPSA) is 35.6 Å². The van der Waals surface area contributed by atoms with Gasteiger partial charge in [-0.1, -0.05) is 12.1 Å². The lowest BCUT2D eigenvalue weighted by molar-refractivity contribution is 0.0498. The molecule has 1 aromatic carbocycles. The number of rotatable bonds is 2. The van der Waals surface area contributed by atoms with Crippen LogP contribution in [0.15, 0.2) is 24.3 Å². The van der Waals surface area contributed by atoms with E-state index in [0.29, 0.717) is 19.1 Å². The largest absolute Gasteiger partial charge is 0.336 e. The second-order valence-corrected chi connectivity index (χ2v) is 5.12. The summed E-state index contributed by atoms with van der Waals surface area (Å²) < 4.78 is 13.6. The molecule has 0 spiro atoms. The Labute approximate surface area is 112 Å². The molecule has 1 amide bonds. The molecule has 0 unspecified atom stereocenters. The standard InChI is InChI=1S/C14H18FN3O/c15-13-4-2-1-3-12(13)14(19)18-7-5-17(6-8-18)11-9-16-10-11/h1-4,11,16H,5-10H2. The first kappa shape index (κ1) is 12.6. The van der Waals surface area contributed by atoms with Gasteiger partial charge in [0.05, 0.1) is 5.56 Å². The fraction of sp³-hybridized carbons (Fsp3) is 0.500. The minimum atomic E-state index is -0.432. The average Bonchev–Trinajstić information content (AvgIpc) is 2.37. The molecule has 19 heavy (non-hydrogen) atoms. The van der Waals surface area contributed by atoms with E-state index in [-0.39, 0.29) is 11.5 Å². The van der Waals surface area contributed by atoms with Gasteiger partial charge in [0.25, 0.3) is 5.91 Å². The molecule has 0 aliphatic carbocycles. The molecule has 0 bridgehead atoms. The molecule has 2 aliphatic rings. The number of amides is 1. The minimum Gasteiger partial charge on any atom is -0.336 e. The Morgan fingerprint density at radius 1 is 1.16 bits per heavy atom. The molecule has 2 aliphatic heterocycles. The van der Waals surface area contributed by atoms with Gasteiger partial charge in [0.2, 0.25) is 0 Å². The van der Waals surface area contributed by atoms with E-state index in [0.717, 1.165) is 26.2 Å². The summed E-state index contributed by atoms with van der Waals surface area (Å²) in [7, 11) is 0. The number of nitrogens with zero attached hydrogens (tertiary/aromatic N) is 2. The highest BCUT2D eigenvalue weighted by atomic mass is 19.1. The summed E-state index contributed by atoms with van der Waals surface area (Å²) in [6, 6.07) is 6.81. The molecule has 4 nitrogen and oxygen atoms in total. The summed E-state index contributed by atoms with van der Waals surface area (Å²) in [5.41, 5.74) is 0.182. The van der Waals surface area contributed by atoms with Crippen molar-refractivity contribution in [1.82, 2.24) is 15.1 Å². The molecule has 2 heterocycles. The monoisotopic (exact) mass is 263 g/mol. The lowest BCUT2D eigenvalue weighted by Crippen LogP contribution is -2.62. The van der Waals surface area contributed by atoms with E-state index < -0.39 is 5.82 Å². The van der Waals surface area contributed by atoms with Gasteiger partial charge in [-0.3, -0.25) is 9.69 Å². The number of carbonyl (C=O) groups is 1. The summed E-state index contributed by atoms with van der Waals surface area (Å²) in [6.07, 6.45) is 0. The van der Waals surface area contributed by atoms with Gasteiger partial charge in [-0.2, -0.15) is 0 Å². The van der Waals surface area contributed by atoms with Crippen LogP contribution in [0.1, 0.15) is 10.4 Å². The first-order chi connectivity index (χ1) is 9.25. The van der Waals surface area contributed by atoms with Crippen LogP contribution in [0.4, 0.5) is 4.39 Å². The SMILES string of the molecule is O=C(c1ccccc1F)N1CCN(C2CNC2)CC1. The van der Waals surface area contributed by atoms with E-state index in [1.165, 1.54) is 6.07 Å². The minimum absolute atomic E-state index is 0.182. The molecule has 1 aromatic rings. The van der Waals surface area contributed by atoms with Crippen LogP contribution in [-0.2, 0) is 0 Å². The quantitative estimate of drug-likeness (QED) is 0.846. The Morgan fingerprint density at radius 3 is 2.42 bits per heavy atom. The predicted octanol–water partition coefficient (Wildman–Crippen LogP) is 0.555. The number of carbonyl (C=O) groups excluding carboxylic acids is 1. The van der Waals surface area contributed by atoms with Crippen molar-refractivity contribution in [1.29, 1.82) is 0 Å². The number of nitrogens with one attached hydrogen (secondary N) is 1. The van der Waals surface area contributed by atoms with Gasteiger partial charge >= 0.3 is 0 Å². The molecule has 5 heteroatoms. The molecule has 3 rings (SSSR count). The van der Waals surface area contributed by atoms with Crippen LogP contribution in [-0.4, -0.2) is 61.0 Å². The third-order valence-electron chi connectivity index (χ3n) is 3.98. The van der Waals surface area contributed by atoms with Crippen molar-refractivity contribution in [3.05, 3.63) is 35.6 Å². The lowest BCUT2D eigenvalue weighted by Gasteiger charge is -2.43. The van der Waals surface area contributed by atoms with Gasteiger partial charge in [0.15, 0.2) is 0 Å². The Hall–Kier alpha value is -1.46. The first-order valence-electron chi connectivity index (χ1n) is 6.74. The van der Waals surface area contributed by atoms with Crippen LogP contribution in [0, 0.1) is 5.82 Å². The van der Waals surface area contributed by atoms with E-state index in [1.807, 2.05) is 0 Å². The number of halogens is 1. The van der Waals surface area contributed by atoms with Gasteiger partial charge in [0.1, 0.15) is 5.82 Å². The Morgan fingerprint density at radius 2 is 1.84 bits per heavy atom. The summed E-state index contributed by atoms with van der Waals surface area (Å²) >= 11 is 0. The maximum atomic E-state index is 13.6. The van der Waals surface area contributed by atoms with E-state index in [1.54, 1.807) is 23.1 Å². The first-order valence-corrected chi connectivity index (χ1v) is 6.74. The normalized spacial score (nSPS) is 21.2. The van der Waals surface area contributed by atoms with Gasteiger partial charge in [-0.05, 0) is 12.1 Å². The van der Waals surface area contributed by atoms with E-state index in [9.17, 15) is 9.18 Å². The highest BCUT2D eigenvalue weighted by molar-refractivity contribution is 5.94. The second-order valence-electron chi connectivity index (χ2n) is 5.12. The number of hydrogen-bond acceptors (Lipinski definition) is 3. The zero-order valence-corrected chi connectivity index (χ0v) is 10.8. The number of piperazine rings is 1. The Bertz CT molecular complexity index is 468. The zero-order valence-electron chi connectivity index (χ0n) is 10.8.